The molecule has 1 fully saturated rings. The van der Waals surface area contributed by atoms with Gasteiger partial charge in [-0.1, -0.05) is 0 Å². The largest absolute Gasteiger partial charge is 0.481 e. The van der Waals surface area contributed by atoms with Gasteiger partial charge in [-0.05, 0) is 6.42 Å². The van der Waals surface area contributed by atoms with Gasteiger partial charge < -0.3 is 10.0 Å². The van der Waals surface area contributed by atoms with Crippen molar-refractivity contribution in [3.05, 3.63) is 18.2 Å². The number of anilines is 1. The van der Waals surface area contributed by atoms with E-state index < -0.39 is 11.8 Å². The predicted molar refractivity (Wildman–Crippen MR) is 49.9 cm³/mol. The number of carboxylic acids is 1. The molecule has 0 spiro atoms. The fraction of sp³-hybridized carbons (Fsp3) is 0.444. The van der Waals surface area contributed by atoms with Gasteiger partial charge in [0.2, 0.25) is 5.95 Å². The second kappa shape index (κ2) is 3.80. The minimum Gasteiger partial charge on any atom is -0.481 e. The first kappa shape index (κ1) is 9.82. The average molecular weight is 211 g/mol. The van der Waals surface area contributed by atoms with Crippen LogP contribution in [0.15, 0.2) is 12.4 Å². The summed E-state index contributed by atoms with van der Waals surface area (Å²) in [6.45, 7) is 0.990. The van der Waals surface area contributed by atoms with Crippen molar-refractivity contribution in [2.45, 2.75) is 6.42 Å². The van der Waals surface area contributed by atoms with Crippen LogP contribution in [0.4, 0.5) is 10.3 Å². The topological polar surface area (TPSA) is 66.3 Å². The van der Waals surface area contributed by atoms with E-state index in [1.54, 1.807) is 4.90 Å². The third kappa shape index (κ3) is 2.03. The van der Waals surface area contributed by atoms with Gasteiger partial charge in [0.1, 0.15) is 0 Å². The van der Waals surface area contributed by atoms with Gasteiger partial charge in [-0.15, -0.1) is 0 Å². The molecule has 1 aromatic heterocycles. The highest BCUT2D eigenvalue weighted by Gasteiger charge is 2.29. The van der Waals surface area contributed by atoms with E-state index in [0.29, 0.717) is 25.5 Å². The zero-order chi connectivity index (χ0) is 10.8. The van der Waals surface area contributed by atoms with E-state index in [4.69, 9.17) is 5.11 Å². The summed E-state index contributed by atoms with van der Waals surface area (Å²) in [5.41, 5.74) is 0. The molecule has 1 aliphatic heterocycles. The molecule has 0 radical (unpaired) electrons. The van der Waals surface area contributed by atoms with Crippen LogP contribution in [0.25, 0.3) is 0 Å². The summed E-state index contributed by atoms with van der Waals surface area (Å²) in [4.78, 5) is 20.1. The Bertz CT molecular complexity index is 368. The van der Waals surface area contributed by atoms with E-state index in [1.807, 2.05) is 0 Å². The van der Waals surface area contributed by atoms with Crippen LogP contribution in [0, 0.1) is 11.7 Å². The van der Waals surface area contributed by atoms with Crippen LogP contribution >= 0.6 is 0 Å². The molecule has 5 nitrogen and oxygen atoms in total. The molecule has 0 amide bonds. The Balaban J connectivity index is 2.07. The third-order valence-electron chi connectivity index (χ3n) is 2.43. The lowest BCUT2D eigenvalue weighted by Crippen LogP contribution is -2.24. The summed E-state index contributed by atoms with van der Waals surface area (Å²) >= 11 is 0. The minimum atomic E-state index is -0.806. The zero-order valence-electron chi connectivity index (χ0n) is 7.93. The zero-order valence-corrected chi connectivity index (χ0v) is 7.93. The number of aliphatic carboxylic acids is 1. The van der Waals surface area contributed by atoms with Gasteiger partial charge >= 0.3 is 5.97 Å². The Kier molecular flexibility index (Phi) is 2.49. The monoisotopic (exact) mass is 211 g/mol. The Morgan fingerprint density at radius 1 is 1.53 bits per heavy atom. The first-order valence-electron chi connectivity index (χ1n) is 4.62. The molecule has 1 aliphatic rings. The van der Waals surface area contributed by atoms with Gasteiger partial charge in [0, 0.05) is 13.1 Å². The number of carbonyl (C=O) groups is 1. The molecular weight excluding hydrogens is 201 g/mol. The molecule has 1 saturated heterocycles. The van der Waals surface area contributed by atoms with Crippen molar-refractivity contribution in [2.75, 3.05) is 18.0 Å². The van der Waals surface area contributed by atoms with Crippen molar-refractivity contribution >= 4 is 11.9 Å². The van der Waals surface area contributed by atoms with Crippen LogP contribution in [-0.2, 0) is 4.79 Å². The molecule has 80 valence electrons. The molecule has 1 atom stereocenters. The molecular formula is C9H10FN3O2. The van der Waals surface area contributed by atoms with Crippen LogP contribution in [0.1, 0.15) is 6.42 Å². The van der Waals surface area contributed by atoms with Crippen LogP contribution in [0.3, 0.4) is 0 Å². The van der Waals surface area contributed by atoms with Crippen LogP contribution in [0.5, 0.6) is 0 Å². The van der Waals surface area contributed by atoms with Crippen molar-refractivity contribution in [3.8, 4) is 0 Å². The molecule has 2 heterocycles. The van der Waals surface area contributed by atoms with Crippen molar-refractivity contribution < 1.29 is 14.3 Å². The van der Waals surface area contributed by atoms with Gasteiger partial charge in [-0.25, -0.2) is 14.4 Å². The van der Waals surface area contributed by atoms with E-state index >= 15 is 0 Å². The number of rotatable bonds is 2. The smallest absolute Gasteiger partial charge is 0.308 e. The summed E-state index contributed by atoms with van der Waals surface area (Å²) in [7, 11) is 0. The summed E-state index contributed by atoms with van der Waals surface area (Å²) in [6, 6.07) is 0. The Hall–Kier alpha value is -1.72. The molecule has 15 heavy (non-hydrogen) atoms. The number of halogens is 1. The molecule has 0 aliphatic carbocycles. The molecule has 0 aromatic carbocycles. The van der Waals surface area contributed by atoms with Gasteiger partial charge in [0.05, 0.1) is 18.3 Å². The second-order valence-electron chi connectivity index (χ2n) is 3.47. The molecule has 0 saturated carbocycles. The lowest BCUT2D eigenvalue weighted by atomic mass is 10.1. The van der Waals surface area contributed by atoms with E-state index in [0.717, 1.165) is 12.4 Å². The van der Waals surface area contributed by atoms with Crippen molar-refractivity contribution in [1.29, 1.82) is 0 Å². The van der Waals surface area contributed by atoms with Crippen molar-refractivity contribution in [1.82, 2.24) is 9.97 Å². The molecule has 0 bridgehead atoms. The van der Waals surface area contributed by atoms with Crippen LogP contribution in [0.2, 0.25) is 0 Å². The quantitative estimate of drug-likeness (QED) is 0.772. The van der Waals surface area contributed by atoms with Gasteiger partial charge in [-0.2, -0.15) is 0 Å². The fourth-order valence-electron chi connectivity index (χ4n) is 1.61. The lowest BCUT2D eigenvalue weighted by Gasteiger charge is -2.14. The highest BCUT2D eigenvalue weighted by molar-refractivity contribution is 5.71. The molecule has 1 N–H and O–H groups in total. The van der Waals surface area contributed by atoms with Gasteiger partial charge in [0.25, 0.3) is 0 Å². The standard InChI is InChI=1S/C9H10FN3O2/c10-7-3-11-9(12-4-7)13-2-1-6(5-13)8(14)15/h3-4,6H,1-2,5H2,(H,14,15). The second-order valence-corrected chi connectivity index (χ2v) is 3.47. The van der Waals surface area contributed by atoms with E-state index in [9.17, 15) is 9.18 Å². The number of carboxylic acid groups (broad SMARTS) is 1. The fourth-order valence-corrected chi connectivity index (χ4v) is 1.61. The number of nitrogens with zero attached hydrogens (tertiary/aromatic N) is 3. The Morgan fingerprint density at radius 2 is 2.20 bits per heavy atom. The summed E-state index contributed by atoms with van der Waals surface area (Å²) in [6.07, 6.45) is 2.74. The lowest BCUT2D eigenvalue weighted by molar-refractivity contribution is -0.140. The van der Waals surface area contributed by atoms with E-state index in [1.165, 1.54) is 0 Å². The maximum absolute atomic E-state index is 12.5. The predicted octanol–water partition coefficient (Wildman–Crippen LogP) is 0.527. The summed E-state index contributed by atoms with van der Waals surface area (Å²) in [5.74, 6) is -1.29. The molecule has 1 aromatic rings. The van der Waals surface area contributed by atoms with Crippen molar-refractivity contribution in [3.63, 3.8) is 0 Å². The molecule has 2 rings (SSSR count). The Morgan fingerprint density at radius 3 is 2.73 bits per heavy atom. The van der Waals surface area contributed by atoms with Gasteiger partial charge in [-0.3, -0.25) is 4.79 Å². The number of aromatic nitrogens is 2. The van der Waals surface area contributed by atoms with Crippen molar-refractivity contribution in [2.24, 2.45) is 5.92 Å². The van der Waals surface area contributed by atoms with E-state index in [2.05, 4.69) is 9.97 Å². The summed E-state index contributed by atoms with van der Waals surface area (Å²) in [5, 5.41) is 8.79. The highest BCUT2D eigenvalue weighted by Crippen LogP contribution is 2.20. The maximum atomic E-state index is 12.5. The third-order valence-corrected chi connectivity index (χ3v) is 2.43. The van der Waals surface area contributed by atoms with Gasteiger partial charge in [0.15, 0.2) is 5.82 Å². The maximum Gasteiger partial charge on any atom is 0.308 e. The number of hydrogen-bond acceptors (Lipinski definition) is 4. The number of hydrogen-bond donors (Lipinski definition) is 1. The molecule has 6 heteroatoms. The Labute approximate surface area is 85.6 Å². The highest BCUT2D eigenvalue weighted by atomic mass is 19.1. The summed E-state index contributed by atoms with van der Waals surface area (Å²) < 4.78 is 12.5. The average Bonchev–Trinajstić information content (AvgIpc) is 2.68. The van der Waals surface area contributed by atoms with Crippen LogP contribution in [-0.4, -0.2) is 34.1 Å². The van der Waals surface area contributed by atoms with Crippen LogP contribution < -0.4 is 4.90 Å². The SMILES string of the molecule is O=C(O)C1CCN(c2ncc(F)cn2)C1. The minimum absolute atomic E-state index is 0.376. The normalized spacial score (nSPS) is 20.6. The first-order valence-corrected chi connectivity index (χ1v) is 4.62. The van der Waals surface area contributed by atoms with E-state index in [-0.39, 0.29) is 5.92 Å². The molecule has 1 unspecified atom stereocenters. The first-order chi connectivity index (χ1) is 7.16.